The van der Waals surface area contributed by atoms with E-state index >= 15 is 0 Å². The first-order chi connectivity index (χ1) is 19.6. The second-order valence-electron chi connectivity index (χ2n) is 10.3. The normalized spacial score (nSPS) is 20.2. The Balaban J connectivity index is 1.45. The smallest absolute Gasteiger partial charge is 0.378 e. The Morgan fingerprint density at radius 1 is 1.00 bits per heavy atom. The van der Waals surface area contributed by atoms with Gasteiger partial charge in [0.2, 0.25) is 5.91 Å². The van der Waals surface area contributed by atoms with E-state index in [1.54, 1.807) is 13.0 Å². The summed E-state index contributed by atoms with van der Waals surface area (Å²) in [5.74, 6) is -1.18. The van der Waals surface area contributed by atoms with Gasteiger partial charge in [-0.15, -0.1) is 0 Å². The number of pyridine rings is 1. The van der Waals surface area contributed by atoms with E-state index in [0.29, 0.717) is 32.1 Å². The molecule has 1 aromatic heterocycles. The predicted molar refractivity (Wildman–Crippen MR) is 149 cm³/mol. The average Bonchev–Trinajstić information content (AvgIpc) is 2.98. The number of nitrogens with zero attached hydrogens (tertiary/aromatic N) is 4. The minimum absolute atomic E-state index is 0.0731. The standard InChI is InChI=1S/C29H34F3N5O4/c1-3-35-18-21(14-24(28(35)39)29(30,31)32)27(38)33-22-5-4-19(2)23(17-22)20-15-25(36-6-10-40-11-7-36)34-26(16-20)37-8-12-41-13-9-37/h4-5,14-17,21H,3,6-13,18H2,1-2H3,(H,33,38). The highest BCUT2D eigenvalue weighted by molar-refractivity contribution is 6.01. The van der Waals surface area contributed by atoms with Crippen LogP contribution in [0.4, 0.5) is 30.5 Å². The summed E-state index contributed by atoms with van der Waals surface area (Å²) in [6, 6.07) is 9.47. The van der Waals surface area contributed by atoms with Crippen LogP contribution in [0.3, 0.4) is 0 Å². The Morgan fingerprint density at radius 3 is 2.12 bits per heavy atom. The van der Waals surface area contributed by atoms with Crippen molar-refractivity contribution in [3.63, 3.8) is 0 Å². The number of carbonyl (C=O) groups excluding carboxylic acids is 2. The third-order valence-electron chi connectivity index (χ3n) is 7.61. The summed E-state index contributed by atoms with van der Waals surface area (Å²) in [4.78, 5) is 35.8. The second-order valence-corrected chi connectivity index (χ2v) is 10.3. The summed E-state index contributed by atoms with van der Waals surface area (Å²) >= 11 is 0. The number of nitrogens with one attached hydrogen (secondary N) is 1. The van der Waals surface area contributed by atoms with Crippen LogP contribution >= 0.6 is 0 Å². The number of halogens is 3. The zero-order valence-corrected chi connectivity index (χ0v) is 23.2. The van der Waals surface area contributed by atoms with Crippen molar-refractivity contribution in [3.8, 4) is 11.1 Å². The highest BCUT2D eigenvalue weighted by Crippen LogP contribution is 2.34. The third-order valence-corrected chi connectivity index (χ3v) is 7.61. The molecule has 1 unspecified atom stereocenters. The molecular formula is C29H34F3N5O4. The molecule has 1 N–H and O–H groups in total. The molecular weight excluding hydrogens is 539 g/mol. The lowest BCUT2D eigenvalue weighted by Gasteiger charge is -2.32. The fourth-order valence-corrected chi connectivity index (χ4v) is 5.27. The van der Waals surface area contributed by atoms with Crippen LogP contribution in [0.5, 0.6) is 0 Å². The molecule has 12 heteroatoms. The minimum Gasteiger partial charge on any atom is -0.378 e. The van der Waals surface area contributed by atoms with Crippen molar-refractivity contribution in [3.05, 3.63) is 47.5 Å². The molecule has 3 aliphatic rings. The van der Waals surface area contributed by atoms with Gasteiger partial charge in [-0.25, -0.2) is 4.98 Å². The fraction of sp³-hybridized carbons (Fsp3) is 0.483. The van der Waals surface area contributed by atoms with Crippen molar-refractivity contribution in [2.45, 2.75) is 20.0 Å². The predicted octanol–water partition coefficient (Wildman–Crippen LogP) is 3.64. The molecule has 2 aromatic rings. The van der Waals surface area contributed by atoms with Gasteiger partial charge in [-0.3, -0.25) is 9.59 Å². The number of morpholine rings is 2. The zero-order chi connectivity index (χ0) is 29.1. The van der Waals surface area contributed by atoms with Gasteiger partial charge in [0.15, 0.2) is 0 Å². The number of anilines is 3. The monoisotopic (exact) mass is 573 g/mol. The first-order valence-electron chi connectivity index (χ1n) is 13.8. The lowest BCUT2D eigenvalue weighted by Crippen LogP contribution is -2.46. The highest BCUT2D eigenvalue weighted by Gasteiger charge is 2.44. The molecule has 9 nitrogen and oxygen atoms in total. The van der Waals surface area contributed by atoms with E-state index in [1.807, 2.05) is 31.2 Å². The van der Waals surface area contributed by atoms with Gasteiger partial charge in [-0.1, -0.05) is 12.1 Å². The van der Waals surface area contributed by atoms with Crippen LogP contribution in [0.15, 0.2) is 42.0 Å². The molecule has 0 radical (unpaired) electrons. The lowest BCUT2D eigenvalue weighted by molar-refractivity contribution is -0.142. The number of amides is 2. The maximum absolute atomic E-state index is 13.5. The van der Waals surface area contributed by atoms with Crippen molar-refractivity contribution < 1.29 is 32.2 Å². The van der Waals surface area contributed by atoms with Gasteiger partial charge in [-0.2, -0.15) is 13.2 Å². The highest BCUT2D eigenvalue weighted by atomic mass is 19.4. The van der Waals surface area contributed by atoms with Crippen molar-refractivity contribution in [1.82, 2.24) is 9.88 Å². The number of aryl methyl sites for hydroxylation is 1. The number of hydrogen-bond acceptors (Lipinski definition) is 7. The topological polar surface area (TPSA) is 87.2 Å². The van der Waals surface area contributed by atoms with Crippen LogP contribution in [-0.4, -0.2) is 93.6 Å². The molecule has 0 saturated carbocycles. The number of aromatic nitrogens is 1. The van der Waals surface area contributed by atoms with Gasteiger partial charge in [0.05, 0.1) is 32.3 Å². The molecule has 0 bridgehead atoms. The Hall–Kier alpha value is -3.64. The second kappa shape index (κ2) is 12.1. The molecule has 41 heavy (non-hydrogen) atoms. The maximum atomic E-state index is 13.5. The quantitative estimate of drug-likeness (QED) is 0.565. The van der Waals surface area contributed by atoms with Crippen LogP contribution < -0.4 is 15.1 Å². The molecule has 2 fully saturated rings. The van der Waals surface area contributed by atoms with Crippen molar-refractivity contribution in [2.75, 3.05) is 80.8 Å². The molecule has 220 valence electrons. The van der Waals surface area contributed by atoms with Gasteiger partial charge in [0, 0.05) is 45.0 Å². The Kier molecular flexibility index (Phi) is 8.50. The number of rotatable bonds is 6. The maximum Gasteiger partial charge on any atom is 0.421 e. The Bertz CT molecular complexity index is 1280. The van der Waals surface area contributed by atoms with Crippen molar-refractivity contribution in [1.29, 1.82) is 0 Å². The Morgan fingerprint density at radius 2 is 1.59 bits per heavy atom. The largest absolute Gasteiger partial charge is 0.421 e. The summed E-state index contributed by atoms with van der Waals surface area (Å²) in [5, 5.41) is 2.78. The molecule has 1 aromatic carbocycles. The SMILES string of the molecule is CCN1CC(C(=O)Nc2ccc(C)c(-c3cc(N4CCOCC4)nc(N4CCOCC4)c3)c2)C=C(C(F)(F)F)C1=O. The molecule has 5 rings (SSSR count). The summed E-state index contributed by atoms with van der Waals surface area (Å²) in [5.41, 5.74) is 1.90. The molecule has 4 heterocycles. The molecule has 3 aliphatic heterocycles. The molecule has 2 amide bonds. The molecule has 0 aliphatic carbocycles. The first-order valence-corrected chi connectivity index (χ1v) is 13.8. The number of benzene rings is 1. The first kappa shape index (κ1) is 28.9. The molecule has 1 atom stereocenters. The lowest BCUT2D eigenvalue weighted by atomic mass is 9.97. The van der Waals surface area contributed by atoms with E-state index in [4.69, 9.17) is 14.5 Å². The number of ether oxygens (including phenoxy) is 2. The van der Waals surface area contributed by atoms with Gasteiger partial charge in [0.1, 0.15) is 17.2 Å². The minimum atomic E-state index is -4.84. The summed E-state index contributed by atoms with van der Waals surface area (Å²) in [6.45, 7) is 8.87. The van der Waals surface area contributed by atoms with Crippen LogP contribution in [0.25, 0.3) is 11.1 Å². The summed E-state index contributed by atoms with van der Waals surface area (Å²) < 4.78 is 51.6. The molecule has 2 saturated heterocycles. The van der Waals surface area contributed by atoms with Gasteiger partial charge in [-0.05, 0) is 54.8 Å². The summed E-state index contributed by atoms with van der Waals surface area (Å²) in [7, 11) is 0. The third kappa shape index (κ3) is 6.48. The fourth-order valence-electron chi connectivity index (χ4n) is 5.27. The number of hydrogen-bond donors (Lipinski definition) is 1. The van der Waals surface area contributed by atoms with E-state index < -0.39 is 29.5 Å². The van der Waals surface area contributed by atoms with Gasteiger partial charge < -0.3 is 29.5 Å². The van der Waals surface area contributed by atoms with Crippen LogP contribution in [-0.2, 0) is 19.1 Å². The average molecular weight is 574 g/mol. The van der Waals surface area contributed by atoms with Gasteiger partial charge in [0.25, 0.3) is 5.91 Å². The van der Waals surface area contributed by atoms with E-state index in [9.17, 15) is 22.8 Å². The number of likely N-dealkylation sites (N-methyl/N-ethyl adjacent to an activating group) is 1. The van der Waals surface area contributed by atoms with Crippen LogP contribution in [0.1, 0.15) is 12.5 Å². The number of alkyl halides is 3. The van der Waals surface area contributed by atoms with Gasteiger partial charge >= 0.3 is 6.18 Å². The number of carbonyl (C=O) groups is 2. The summed E-state index contributed by atoms with van der Waals surface area (Å²) in [6.07, 6.45) is -4.09. The van der Waals surface area contributed by atoms with Crippen LogP contribution in [0.2, 0.25) is 0 Å². The Labute approximate surface area is 236 Å². The van der Waals surface area contributed by atoms with E-state index in [1.165, 1.54) is 0 Å². The van der Waals surface area contributed by atoms with E-state index in [-0.39, 0.29) is 13.1 Å². The van der Waals surface area contributed by atoms with Crippen molar-refractivity contribution >= 4 is 29.1 Å². The van der Waals surface area contributed by atoms with E-state index in [2.05, 4.69) is 15.1 Å². The van der Waals surface area contributed by atoms with Crippen molar-refractivity contribution in [2.24, 2.45) is 5.92 Å². The van der Waals surface area contributed by atoms with E-state index in [0.717, 1.165) is 65.5 Å². The zero-order valence-electron chi connectivity index (χ0n) is 23.2. The molecule has 0 spiro atoms. The van der Waals surface area contributed by atoms with Crippen LogP contribution in [0, 0.1) is 12.8 Å².